The highest BCUT2D eigenvalue weighted by Crippen LogP contribution is 2.19. The van der Waals surface area contributed by atoms with Crippen LogP contribution in [0.1, 0.15) is 26.7 Å². The molecule has 0 aromatic heterocycles. The Labute approximate surface area is 124 Å². The predicted octanol–water partition coefficient (Wildman–Crippen LogP) is 2.79. The first-order chi connectivity index (χ1) is 9.56. The van der Waals surface area contributed by atoms with Crippen LogP contribution in [-0.2, 0) is 9.53 Å². The highest BCUT2D eigenvalue weighted by Gasteiger charge is 2.25. The third kappa shape index (κ3) is 4.12. The monoisotopic (exact) mass is 297 g/mol. The molecule has 2 rings (SSSR count). The van der Waals surface area contributed by atoms with Crippen molar-refractivity contribution in [1.82, 2.24) is 5.32 Å². The van der Waals surface area contributed by atoms with Crippen LogP contribution in [-0.4, -0.2) is 30.8 Å². The number of amides is 1. The van der Waals surface area contributed by atoms with Crippen LogP contribution in [0, 0.1) is 0 Å². The van der Waals surface area contributed by atoms with Gasteiger partial charge in [-0.25, -0.2) is 0 Å². The molecule has 1 N–H and O–H groups in total. The van der Waals surface area contributed by atoms with Crippen molar-refractivity contribution in [2.75, 3.05) is 6.61 Å². The Morgan fingerprint density at radius 2 is 2.30 bits per heavy atom. The Balaban J connectivity index is 1.85. The van der Waals surface area contributed by atoms with Crippen molar-refractivity contribution in [2.45, 2.75) is 44.9 Å². The molecule has 0 saturated carbocycles. The van der Waals surface area contributed by atoms with Gasteiger partial charge in [0.15, 0.2) is 6.10 Å². The molecule has 0 spiro atoms. The zero-order chi connectivity index (χ0) is 14.5. The van der Waals surface area contributed by atoms with E-state index in [0.717, 1.165) is 19.4 Å². The van der Waals surface area contributed by atoms with Crippen molar-refractivity contribution in [3.8, 4) is 5.75 Å². The SMILES string of the molecule is C[C@H](Oc1cccc(Cl)c1)C(=O)N[C@@H](C)[C@H]1CCCO1. The Morgan fingerprint density at radius 3 is 2.95 bits per heavy atom. The molecular weight excluding hydrogens is 278 g/mol. The number of benzene rings is 1. The van der Waals surface area contributed by atoms with E-state index in [9.17, 15) is 4.79 Å². The molecule has 1 heterocycles. The van der Waals surface area contributed by atoms with Gasteiger partial charge >= 0.3 is 0 Å². The molecule has 1 aliphatic heterocycles. The van der Waals surface area contributed by atoms with Crippen LogP contribution in [0.5, 0.6) is 5.75 Å². The van der Waals surface area contributed by atoms with Crippen molar-refractivity contribution in [1.29, 1.82) is 0 Å². The Morgan fingerprint density at radius 1 is 1.50 bits per heavy atom. The van der Waals surface area contributed by atoms with Crippen LogP contribution in [0.25, 0.3) is 0 Å². The van der Waals surface area contributed by atoms with Gasteiger partial charge in [0.2, 0.25) is 0 Å². The molecule has 0 aliphatic carbocycles. The first kappa shape index (κ1) is 15.1. The minimum atomic E-state index is -0.572. The van der Waals surface area contributed by atoms with Gasteiger partial charge in [0.1, 0.15) is 5.75 Å². The molecule has 110 valence electrons. The topological polar surface area (TPSA) is 47.6 Å². The summed E-state index contributed by atoms with van der Waals surface area (Å²) < 4.78 is 11.1. The molecule has 0 unspecified atom stereocenters. The van der Waals surface area contributed by atoms with Gasteiger partial charge in [-0.3, -0.25) is 4.79 Å². The van der Waals surface area contributed by atoms with Gasteiger partial charge in [0.05, 0.1) is 12.1 Å². The molecular formula is C15H20ClNO3. The molecule has 1 fully saturated rings. The molecule has 1 aromatic rings. The second kappa shape index (κ2) is 6.95. The number of hydrogen-bond acceptors (Lipinski definition) is 3. The lowest BCUT2D eigenvalue weighted by molar-refractivity contribution is -0.128. The van der Waals surface area contributed by atoms with E-state index in [1.54, 1.807) is 31.2 Å². The zero-order valence-electron chi connectivity index (χ0n) is 11.8. The molecule has 1 aliphatic rings. The maximum absolute atomic E-state index is 12.1. The molecule has 20 heavy (non-hydrogen) atoms. The van der Waals surface area contributed by atoms with Crippen LogP contribution in [0.3, 0.4) is 0 Å². The number of carbonyl (C=O) groups is 1. The predicted molar refractivity (Wildman–Crippen MR) is 78.1 cm³/mol. The number of nitrogens with one attached hydrogen (secondary N) is 1. The zero-order valence-corrected chi connectivity index (χ0v) is 12.5. The van der Waals surface area contributed by atoms with E-state index in [1.165, 1.54) is 0 Å². The molecule has 1 saturated heterocycles. The molecule has 5 heteroatoms. The molecule has 3 atom stereocenters. The van der Waals surface area contributed by atoms with Crippen LogP contribution in [0.4, 0.5) is 0 Å². The van der Waals surface area contributed by atoms with Gasteiger partial charge in [-0.1, -0.05) is 17.7 Å². The van der Waals surface area contributed by atoms with E-state index >= 15 is 0 Å². The summed E-state index contributed by atoms with van der Waals surface area (Å²) in [5.74, 6) is 0.442. The van der Waals surface area contributed by atoms with E-state index in [1.807, 2.05) is 6.92 Å². The highest BCUT2D eigenvalue weighted by atomic mass is 35.5. The highest BCUT2D eigenvalue weighted by molar-refractivity contribution is 6.30. The second-order valence-corrected chi connectivity index (χ2v) is 5.50. The fourth-order valence-electron chi connectivity index (χ4n) is 2.23. The standard InChI is InChI=1S/C15H20ClNO3/c1-10(14-7-4-8-19-14)17-15(18)11(2)20-13-6-3-5-12(16)9-13/h3,5-6,9-11,14H,4,7-8H2,1-2H3,(H,17,18)/t10-,11-,14+/m0/s1. The summed E-state index contributed by atoms with van der Waals surface area (Å²) in [6.07, 6.45) is 1.58. The third-order valence-corrected chi connectivity index (χ3v) is 3.61. The van der Waals surface area contributed by atoms with Gasteiger partial charge in [-0.2, -0.15) is 0 Å². The van der Waals surface area contributed by atoms with Gasteiger partial charge < -0.3 is 14.8 Å². The number of halogens is 1. The van der Waals surface area contributed by atoms with E-state index in [0.29, 0.717) is 10.8 Å². The fourth-order valence-corrected chi connectivity index (χ4v) is 2.41. The minimum absolute atomic E-state index is 0.00425. The molecule has 1 aromatic carbocycles. The summed E-state index contributed by atoms with van der Waals surface area (Å²) in [5, 5.41) is 3.52. The normalized spacial score (nSPS) is 21.2. The molecule has 1 amide bonds. The lowest BCUT2D eigenvalue weighted by Gasteiger charge is -2.22. The maximum atomic E-state index is 12.1. The Hall–Kier alpha value is -1.26. The largest absolute Gasteiger partial charge is 0.481 e. The fraction of sp³-hybridized carbons (Fsp3) is 0.533. The Bertz CT molecular complexity index is 460. The number of rotatable bonds is 5. The van der Waals surface area contributed by atoms with Crippen molar-refractivity contribution in [3.63, 3.8) is 0 Å². The molecule has 4 nitrogen and oxygen atoms in total. The van der Waals surface area contributed by atoms with Gasteiger partial charge in [0, 0.05) is 11.6 Å². The summed E-state index contributed by atoms with van der Waals surface area (Å²) in [6.45, 7) is 4.46. The maximum Gasteiger partial charge on any atom is 0.261 e. The summed E-state index contributed by atoms with van der Waals surface area (Å²) in [6, 6.07) is 7.01. The van der Waals surface area contributed by atoms with Gasteiger partial charge in [0.25, 0.3) is 5.91 Å². The quantitative estimate of drug-likeness (QED) is 0.909. The van der Waals surface area contributed by atoms with Crippen molar-refractivity contribution in [3.05, 3.63) is 29.3 Å². The third-order valence-electron chi connectivity index (χ3n) is 3.37. The van der Waals surface area contributed by atoms with Crippen molar-refractivity contribution >= 4 is 17.5 Å². The molecule has 0 radical (unpaired) electrons. The van der Waals surface area contributed by atoms with Gasteiger partial charge in [-0.15, -0.1) is 0 Å². The summed E-state index contributed by atoms with van der Waals surface area (Å²) in [5.41, 5.74) is 0. The van der Waals surface area contributed by atoms with Crippen LogP contribution in [0.15, 0.2) is 24.3 Å². The van der Waals surface area contributed by atoms with E-state index in [2.05, 4.69) is 5.32 Å². The van der Waals surface area contributed by atoms with Crippen LogP contribution >= 0.6 is 11.6 Å². The second-order valence-electron chi connectivity index (χ2n) is 5.07. The number of carbonyl (C=O) groups excluding carboxylic acids is 1. The summed E-state index contributed by atoms with van der Waals surface area (Å²) >= 11 is 5.88. The summed E-state index contributed by atoms with van der Waals surface area (Å²) in [4.78, 5) is 12.1. The summed E-state index contributed by atoms with van der Waals surface area (Å²) in [7, 11) is 0. The van der Waals surface area contributed by atoms with E-state index < -0.39 is 6.10 Å². The lowest BCUT2D eigenvalue weighted by Crippen LogP contribution is -2.46. The van der Waals surface area contributed by atoms with E-state index in [-0.39, 0.29) is 18.1 Å². The smallest absolute Gasteiger partial charge is 0.261 e. The van der Waals surface area contributed by atoms with Crippen LogP contribution in [0.2, 0.25) is 5.02 Å². The Kier molecular flexibility index (Phi) is 5.26. The van der Waals surface area contributed by atoms with Crippen molar-refractivity contribution in [2.24, 2.45) is 0 Å². The van der Waals surface area contributed by atoms with Crippen LogP contribution < -0.4 is 10.1 Å². The first-order valence-corrected chi connectivity index (χ1v) is 7.28. The van der Waals surface area contributed by atoms with Crippen molar-refractivity contribution < 1.29 is 14.3 Å². The number of hydrogen-bond donors (Lipinski definition) is 1. The average Bonchev–Trinajstić information content (AvgIpc) is 2.92. The average molecular weight is 298 g/mol. The molecule has 0 bridgehead atoms. The lowest BCUT2D eigenvalue weighted by atomic mass is 10.1. The minimum Gasteiger partial charge on any atom is -0.481 e. The number of ether oxygens (including phenoxy) is 2. The van der Waals surface area contributed by atoms with Gasteiger partial charge in [-0.05, 0) is 44.9 Å². The van der Waals surface area contributed by atoms with E-state index in [4.69, 9.17) is 21.1 Å². The first-order valence-electron chi connectivity index (χ1n) is 6.90.